The first-order valence-corrected chi connectivity index (χ1v) is 3.71. The molecule has 0 aromatic heterocycles. The van der Waals surface area contributed by atoms with Crippen LogP contribution in [-0.2, 0) is 9.59 Å². The van der Waals surface area contributed by atoms with Gasteiger partial charge in [0.05, 0.1) is 0 Å². The van der Waals surface area contributed by atoms with Crippen LogP contribution in [0.2, 0.25) is 0 Å². The minimum absolute atomic E-state index is 0.0858. The summed E-state index contributed by atoms with van der Waals surface area (Å²) in [5.41, 5.74) is 7.89. The first-order valence-electron chi connectivity index (χ1n) is 3.71. The van der Waals surface area contributed by atoms with E-state index in [1.165, 1.54) is 12.2 Å². The molecule has 0 bridgehead atoms. The molecular weight excluding hydrogens is 190 g/mol. The minimum atomic E-state index is -1.45. The average molecular weight is 199 g/mol. The van der Waals surface area contributed by atoms with E-state index in [0.717, 1.165) is 0 Å². The Bertz CT molecular complexity index is 279. The van der Waals surface area contributed by atoms with E-state index < -0.39 is 17.9 Å². The summed E-state index contributed by atoms with van der Waals surface area (Å²) in [7, 11) is 0. The quantitative estimate of drug-likeness (QED) is 0.218. The molecule has 0 saturated carbocycles. The van der Waals surface area contributed by atoms with Gasteiger partial charge in [0, 0.05) is 11.5 Å². The number of rotatable bonds is 6. The molecule has 0 spiro atoms. The third-order valence-corrected chi connectivity index (χ3v) is 1.38. The maximum atomic E-state index is 10.4. The molecule has 0 atom stereocenters. The van der Waals surface area contributed by atoms with Crippen LogP contribution in [-0.4, -0.2) is 28.7 Å². The molecule has 0 aliphatic rings. The molecule has 0 saturated heterocycles. The van der Waals surface area contributed by atoms with Gasteiger partial charge in [-0.05, 0) is 12.0 Å². The summed E-state index contributed by atoms with van der Waals surface area (Å²) >= 11 is 0. The van der Waals surface area contributed by atoms with Gasteiger partial charge in [-0.1, -0.05) is 17.3 Å². The highest BCUT2D eigenvalue weighted by molar-refractivity contribution is 5.92. The van der Waals surface area contributed by atoms with Gasteiger partial charge >= 0.3 is 11.9 Å². The summed E-state index contributed by atoms with van der Waals surface area (Å²) in [4.78, 5) is 23.2. The molecule has 0 aromatic carbocycles. The van der Waals surface area contributed by atoms with Gasteiger partial charge < -0.3 is 10.2 Å². The van der Waals surface area contributed by atoms with Gasteiger partial charge in [0.2, 0.25) is 0 Å². The van der Waals surface area contributed by atoms with E-state index in [4.69, 9.17) is 15.7 Å². The molecule has 0 fully saturated rings. The van der Waals surface area contributed by atoms with Crippen molar-refractivity contribution in [1.29, 1.82) is 0 Å². The molecule has 0 aromatic rings. The molecular formula is C7H9N3O4. The number of hydrogen-bond donors (Lipinski definition) is 2. The zero-order chi connectivity index (χ0) is 11.0. The number of azide groups is 1. The van der Waals surface area contributed by atoms with Crippen molar-refractivity contribution in [1.82, 2.24) is 0 Å². The Morgan fingerprint density at radius 3 is 2.36 bits per heavy atom. The maximum absolute atomic E-state index is 10.4. The molecule has 14 heavy (non-hydrogen) atoms. The normalized spacial score (nSPS) is 10.1. The van der Waals surface area contributed by atoms with Gasteiger partial charge in [-0.25, -0.2) is 0 Å². The highest BCUT2D eigenvalue weighted by Crippen LogP contribution is 2.04. The Kier molecular flexibility index (Phi) is 5.57. The standard InChI is InChI=1S/C7H9N3O4/c8-10-9-4-2-1-3-5(6(11)12)7(13)14/h1-2,5H,3-4H2,(H,11,12)(H,13,14). The molecule has 7 heteroatoms. The van der Waals surface area contributed by atoms with Crippen molar-refractivity contribution in [3.63, 3.8) is 0 Å². The zero-order valence-electron chi connectivity index (χ0n) is 7.20. The van der Waals surface area contributed by atoms with Crippen molar-refractivity contribution in [3.05, 3.63) is 22.6 Å². The molecule has 76 valence electrons. The second kappa shape index (κ2) is 6.50. The van der Waals surface area contributed by atoms with Crippen LogP contribution in [0.3, 0.4) is 0 Å². The molecule has 7 nitrogen and oxygen atoms in total. The lowest BCUT2D eigenvalue weighted by atomic mass is 10.1. The lowest BCUT2D eigenvalue weighted by Gasteiger charge is -2.01. The fourth-order valence-corrected chi connectivity index (χ4v) is 0.698. The van der Waals surface area contributed by atoms with E-state index in [0.29, 0.717) is 0 Å². The summed E-state index contributed by atoms with van der Waals surface area (Å²) in [6.45, 7) is 0.0858. The maximum Gasteiger partial charge on any atom is 0.318 e. The molecule has 0 aliphatic heterocycles. The van der Waals surface area contributed by atoms with Crippen LogP contribution < -0.4 is 0 Å². The van der Waals surface area contributed by atoms with Gasteiger partial charge in [0.1, 0.15) is 0 Å². The van der Waals surface area contributed by atoms with E-state index in [1.54, 1.807) is 0 Å². The SMILES string of the molecule is [N-]=[N+]=NCC=CCC(C(=O)O)C(=O)O. The Hall–Kier alpha value is -2.01. The van der Waals surface area contributed by atoms with E-state index in [-0.39, 0.29) is 13.0 Å². The highest BCUT2D eigenvalue weighted by atomic mass is 16.4. The van der Waals surface area contributed by atoms with Crippen molar-refractivity contribution in [2.45, 2.75) is 6.42 Å². The van der Waals surface area contributed by atoms with Crippen LogP contribution in [0, 0.1) is 5.92 Å². The summed E-state index contributed by atoms with van der Waals surface area (Å²) < 4.78 is 0. The fraction of sp³-hybridized carbons (Fsp3) is 0.429. The number of hydrogen-bond acceptors (Lipinski definition) is 3. The first-order chi connectivity index (χ1) is 6.59. The van der Waals surface area contributed by atoms with Crippen molar-refractivity contribution in [3.8, 4) is 0 Å². The monoisotopic (exact) mass is 199 g/mol. The summed E-state index contributed by atoms with van der Waals surface area (Å²) in [5, 5.41) is 20.1. The van der Waals surface area contributed by atoms with Gasteiger partial charge in [0.15, 0.2) is 5.92 Å². The average Bonchev–Trinajstić information content (AvgIpc) is 2.09. The van der Waals surface area contributed by atoms with Gasteiger partial charge in [0.25, 0.3) is 0 Å². The number of carboxylic acid groups (broad SMARTS) is 2. The predicted octanol–water partition coefficient (Wildman–Crippen LogP) is 1.03. The Morgan fingerprint density at radius 1 is 1.36 bits per heavy atom. The van der Waals surface area contributed by atoms with Crippen LogP contribution in [0.5, 0.6) is 0 Å². The minimum Gasteiger partial charge on any atom is -0.481 e. The van der Waals surface area contributed by atoms with E-state index in [9.17, 15) is 9.59 Å². The number of aliphatic carboxylic acids is 2. The lowest BCUT2D eigenvalue weighted by molar-refractivity contribution is -0.154. The van der Waals surface area contributed by atoms with E-state index in [2.05, 4.69) is 10.0 Å². The molecule has 0 aliphatic carbocycles. The van der Waals surface area contributed by atoms with Crippen LogP contribution in [0.25, 0.3) is 10.4 Å². The molecule has 2 N–H and O–H groups in total. The second-order valence-corrected chi connectivity index (χ2v) is 2.35. The Balaban J connectivity index is 4.06. The third kappa shape index (κ3) is 4.78. The van der Waals surface area contributed by atoms with Gasteiger partial charge in [-0.3, -0.25) is 9.59 Å². The van der Waals surface area contributed by atoms with Crippen LogP contribution in [0.1, 0.15) is 6.42 Å². The molecule has 0 heterocycles. The van der Waals surface area contributed by atoms with Crippen LogP contribution in [0.4, 0.5) is 0 Å². The lowest BCUT2D eigenvalue weighted by Crippen LogP contribution is -2.22. The van der Waals surface area contributed by atoms with E-state index >= 15 is 0 Å². The van der Waals surface area contributed by atoms with Crippen molar-refractivity contribution in [2.24, 2.45) is 11.0 Å². The number of nitrogens with zero attached hydrogens (tertiary/aromatic N) is 3. The molecule has 0 unspecified atom stereocenters. The zero-order valence-corrected chi connectivity index (χ0v) is 7.20. The van der Waals surface area contributed by atoms with E-state index in [1.807, 2.05) is 0 Å². The smallest absolute Gasteiger partial charge is 0.318 e. The number of allylic oxidation sites excluding steroid dienone is 1. The van der Waals surface area contributed by atoms with Crippen molar-refractivity contribution in [2.75, 3.05) is 6.54 Å². The van der Waals surface area contributed by atoms with Gasteiger partial charge in [-0.15, -0.1) is 0 Å². The number of carboxylic acids is 2. The van der Waals surface area contributed by atoms with Crippen LogP contribution in [0.15, 0.2) is 17.3 Å². The first kappa shape index (κ1) is 12.0. The summed E-state index contributed by atoms with van der Waals surface area (Å²) in [6, 6.07) is 0. The number of carbonyl (C=O) groups is 2. The molecule has 0 radical (unpaired) electrons. The summed E-state index contributed by atoms with van der Waals surface area (Å²) in [6.07, 6.45) is 2.66. The second-order valence-electron chi connectivity index (χ2n) is 2.35. The molecule has 0 amide bonds. The van der Waals surface area contributed by atoms with Gasteiger partial charge in [-0.2, -0.15) is 0 Å². The van der Waals surface area contributed by atoms with Crippen LogP contribution >= 0.6 is 0 Å². The highest BCUT2D eigenvalue weighted by Gasteiger charge is 2.23. The summed E-state index contributed by atoms with van der Waals surface area (Å²) in [5.74, 6) is -4.21. The van der Waals surface area contributed by atoms with Crippen molar-refractivity contribution < 1.29 is 19.8 Å². The molecule has 0 rings (SSSR count). The Labute approximate surface area is 79.3 Å². The topological polar surface area (TPSA) is 123 Å². The van der Waals surface area contributed by atoms with Crippen molar-refractivity contribution >= 4 is 11.9 Å². The third-order valence-electron chi connectivity index (χ3n) is 1.38. The predicted molar refractivity (Wildman–Crippen MR) is 46.5 cm³/mol. The fourth-order valence-electron chi connectivity index (χ4n) is 0.698. The Morgan fingerprint density at radius 2 is 1.93 bits per heavy atom. The largest absolute Gasteiger partial charge is 0.481 e.